The van der Waals surface area contributed by atoms with E-state index >= 15 is 0 Å². The average Bonchev–Trinajstić information content (AvgIpc) is 3.23. The number of rotatable bonds is 5. The summed E-state index contributed by atoms with van der Waals surface area (Å²) in [5.41, 5.74) is 0.254. The molecule has 1 unspecified atom stereocenters. The van der Waals surface area contributed by atoms with E-state index in [0.717, 1.165) is 17.7 Å². The lowest BCUT2D eigenvalue weighted by Gasteiger charge is -2.27. The van der Waals surface area contributed by atoms with Crippen molar-refractivity contribution in [2.24, 2.45) is 5.14 Å². The maximum absolute atomic E-state index is 13.0. The van der Waals surface area contributed by atoms with Gasteiger partial charge in [-0.05, 0) is 48.6 Å². The van der Waals surface area contributed by atoms with Crippen LogP contribution in [0, 0.1) is 0 Å². The Morgan fingerprint density at radius 3 is 2.36 bits per heavy atom. The highest BCUT2D eigenvalue weighted by molar-refractivity contribution is 7.89. The molecular formula is C18H17N3O5S2. The number of carbonyl (C=O) groups excluding carboxylic acids is 3. The van der Waals surface area contributed by atoms with Gasteiger partial charge < -0.3 is 4.90 Å². The van der Waals surface area contributed by atoms with Crippen LogP contribution in [-0.2, 0) is 19.6 Å². The lowest BCUT2D eigenvalue weighted by molar-refractivity contribution is -0.122. The van der Waals surface area contributed by atoms with Gasteiger partial charge in [0.1, 0.15) is 6.04 Å². The highest BCUT2D eigenvalue weighted by Gasteiger charge is 2.49. The van der Waals surface area contributed by atoms with E-state index in [1.807, 2.05) is 0 Å². The summed E-state index contributed by atoms with van der Waals surface area (Å²) in [6.07, 6.45) is 1.51. The zero-order valence-electron chi connectivity index (χ0n) is 14.6. The fourth-order valence-electron chi connectivity index (χ4n) is 3.33. The van der Waals surface area contributed by atoms with Gasteiger partial charge in [0.05, 0.1) is 21.9 Å². The molecule has 1 saturated carbocycles. The molecule has 1 aromatic heterocycles. The van der Waals surface area contributed by atoms with E-state index in [0.29, 0.717) is 4.88 Å². The summed E-state index contributed by atoms with van der Waals surface area (Å²) in [5, 5.41) is 6.87. The third-order valence-electron chi connectivity index (χ3n) is 4.79. The number of carbonyl (C=O) groups is 3. The maximum atomic E-state index is 13.0. The number of primary sulfonamides is 1. The second-order valence-corrected chi connectivity index (χ2v) is 9.26. The van der Waals surface area contributed by atoms with E-state index in [2.05, 4.69) is 0 Å². The molecule has 0 radical (unpaired) electrons. The summed E-state index contributed by atoms with van der Waals surface area (Å²) in [6.45, 7) is 0. The van der Waals surface area contributed by atoms with Gasteiger partial charge in [-0.1, -0.05) is 6.07 Å². The molecule has 1 aliphatic carbocycles. The molecule has 2 fully saturated rings. The van der Waals surface area contributed by atoms with Crippen LogP contribution in [0.4, 0.5) is 5.69 Å². The standard InChI is InChI=1S/C18H17N3O5S2/c19-28(25,26)13-7-5-12(6-8-13)21-16(22)10-14(17(21)23)20(11-3-4-11)18(24)15-2-1-9-27-15/h1-2,5-9,11,14H,3-4,10H2,(H2,19,25,26). The number of thiophene rings is 1. The van der Waals surface area contributed by atoms with Gasteiger partial charge >= 0.3 is 0 Å². The van der Waals surface area contributed by atoms with Crippen molar-refractivity contribution < 1.29 is 22.8 Å². The Hall–Kier alpha value is -2.56. The largest absolute Gasteiger partial charge is 0.322 e. The Balaban J connectivity index is 1.62. The SMILES string of the molecule is NS(=O)(=O)c1ccc(N2C(=O)CC(N(C(=O)c3cccs3)C3CC3)C2=O)cc1. The van der Waals surface area contributed by atoms with Crippen LogP contribution in [0.1, 0.15) is 28.9 Å². The second-order valence-electron chi connectivity index (χ2n) is 6.75. The van der Waals surface area contributed by atoms with Crippen LogP contribution >= 0.6 is 11.3 Å². The fourth-order valence-corrected chi connectivity index (χ4v) is 4.51. The number of hydrogen-bond donors (Lipinski definition) is 1. The van der Waals surface area contributed by atoms with Crippen LogP contribution in [0.15, 0.2) is 46.7 Å². The Morgan fingerprint density at radius 2 is 1.82 bits per heavy atom. The Kier molecular flexibility index (Phi) is 4.56. The van der Waals surface area contributed by atoms with Gasteiger partial charge in [-0.3, -0.25) is 14.4 Å². The predicted octanol–water partition coefficient (Wildman–Crippen LogP) is 1.33. The van der Waals surface area contributed by atoms with Crippen LogP contribution in [0.3, 0.4) is 0 Å². The first kappa shape index (κ1) is 18.8. The molecule has 2 aromatic rings. The summed E-state index contributed by atoms with van der Waals surface area (Å²) in [7, 11) is -3.87. The molecule has 2 heterocycles. The fraction of sp³-hybridized carbons (Fsp3) is 0.278. The highest BCUT2D eigenvalue weighted by Crippen LogP contribution is 2.35. The average molecular weight is 419 g/mol. The van der Waals surface area contributed by atoms with E-state index in [1.165, 1.54) is 40.5 Å². The summed E-state index contributed by atoms with van der Waals surface area (Å²) in [6, 6.07) is 7.79. The van der Waals surface area contributed by atoms with Gasteiger partial charge in [0.2, 0.25) is 15.9 Å². The van der Waals surface area contributed by atoms with Gasteiger partial charge in [-0.15, -0.1) is 11.3 Å². The van der Waals surface area contributed by atoms with Crippen LogP contribution in [0.2, 0.25) is 0 Å². The molecule has 10 heteroatoms. The number of sulfonamides is 1. The minimum atomic E-state index is -3.87. The Labute approximate surface area is 165 Å². The smallest absolute Gasteiger partial charge is 0.264 e. The third kappa shape index (κ3) is 3.34. The molecule has 1 aromatic carbocycles. The van der Waals surface area contributed by atoms with E-state index in [4.69, 9.17) is 5.14 Å². The van der Waals surface area contributed by atoms with Crippen LogP contribution in [0.5, 0.6) is 0 Å². The minimum Gasteiger partial charge on any atom is -0.322 e. The number of nitrogens with zero attached hydrogens (tertiary/aromatic N) is 2. The van der Waals surface area contributed by atoms with Gasteiger partial charge in [-0.2, -0.15) is 0 Å². The van der Waals surface area contributed by atoms with Crippen molar-refractivity contribution in [3.05, 3.63) is 46.7 Å². The normalized spacial score (nSPS) is 19.9. The number of hydrogen-bond acceptors (Lipinski definition) is 6. The predicted molar refractivity (Wildman–Crippen MR) is 102 cm³/mol. The van der Waals surface area contributed by atoms with Crippen molar-refractivity contribution in [1.82, 2.24) is 4.90 Å². The van der Waals surface area contributed by atoms with Crippen LogP contribution < -0.4 is 10.0 Å². The zero-order chi connectivity index (χ0) is 20.1. The molecule has 0 spiro atoms. The van der Waals surface area contributed by atoms with E-state index in [-0.39, 0.29) is 29.0 Å². The number of amides is 3. The van der Waals surface area contributed by atoms with Crippen molar-refractivity contribution in [3.63, 3.8) is 0 Å². The molecule has 8 nitrogen and oxygen atoms in total. The number of anilines is 1. The van der Waals surface area contributed by atoms with Crippen LogP contribution in [-0.4, -0.2) is 43.1 Å². The van der Waals surface area contributed by atoms with Crippen LogP contribution in [0.25, 0.3) is 0 Å². The lowest BCUT2D eigenvalue weighted by atomic mass is 10.2. The third-order valence-corrected chi connectivity index (χ3v) is 6.58. The zero-order valence-corrected chi connectivity index (χ0v) is 16.3. The molecule has 0 bridgehead atoms. The molecule has 2 aliphatic rings. The van der Waals surface area contributed by atoms with Crippen molar-refractivity contribution in [2.45, 2.75) is 36.2 Å². The van der Waals surface area contributed by atoms with Gasteiger partial charge in [0.15, 0.2) is 0 Å². The number of imide groups is 1. The molecule has 1 aliphatic heterocycles. The molecule has 28 heavy (non-hydrogen) atoms. The number of nitrogens with two attached hydrogens (primary N) is 1. The van der Waals surface area contributed by atoms with Crippen molar-refractivity contribution in [3.8, 4) is 0 Å². The molecule has 2 N–H and O–H groups in total. The van der Waals surface area contributed by atoms with E-state index < -0.39 is 27.9 Å². The quantitative estimate of drug-likeness (QED) is 0.734. The van der Waals surface area contributed by atoms with E-state index in [9.17, 15) is 22.8 Å². The van der Waals surface area contributed by atoms with Crippen molar-refractivity contribution in [1.29, 1.82) is 0 Å². The van der Waals surface area contributed by atoms with E-state index in [1.54, 1.807) is 17.5 Å². The van der Waals surface area contributed by atoms with Gasteiger partial charge in [-0.25, -0.2) is 18.5 Å². The summed E-state index contributed by atoms with van der Waals surface area (Å²) >= 11 is 1.30. The van der Waals surface area contributed by atoms with Crippen molar-refractivity contribution in [2.75, 3.05) is 4.90 Å². The van der Waals surface area contributed by atoms with Gasteiger partial charge in [0, 0.05) is 6.04 Å². The number of benzene rings is 1. The molecule has 1 saturated heterocycles. The summed E-state index contributed by atoms with van der Waals surface area (Å²) in [5.74, 6) is -1.15. The van der Waals surface area contributed by atoms with Gasteiger partial charge in [0.25, 0.3) is 11.8 Å². The first-order valence-electron chi connectivity index (χ1n) is 8.63. The molecule has 146 valence electrons. The molecule has 1 atom stereocenters. The topological polar surface area (TPSA) is 118 Å². The minimum absolute atomic E-state index is 0.0407. The highest BCUT2D eigenvalue weighted by atomic mass is 32.2. The maximum Gasteiger partial charge on any atom is 0.264 e. The summed E-state index contributed by atoms with van der Waals surface area (Å²) in [4.78, 5) is 41.4. The second kappa shape index (κ2) is 6.80. The first-order valence-corrected chi connectivity index (χ1v) is 11.1. The first-order chi connectivity index (χ1) is 13.3. The molecule has 3 amide bonds. The Bertz CT molecular complexity index is 1040. The summed E-state index contributed by atoms with van der Waals surface area (Å²) < 4.78 is 22.8. The lowest BCUT2D eigenvalue weighted by Crippen LogP contribution is -2.46. The monoisotopic (exact) mass is 419 g/mol. The molecule has 4 rings (SSSR count). The molecular weight excluding hydrogens is 402 g/mol. The Morgan fingerprint density at radius 1 is 1.14 bits per heavy atom. The van der Waals surface area contributed by atoms with Crippen molar-refractivity contribution >= 4 is 44.8 Å².